The van der Waals surface area contributed by atoms with Gasteiger partial charge >= 0.3 is 5.69 Å². The predicted octanol–water partition coefficient (Wildman–Crippen LogP) is 1.79. The summed E-state index contributed by atoms with van der Waals surface area (Å²) < 4.78 is 9.09. The molecule has 8 nitrogen and oxygen atoms in total. The smallest absolute Gasteiger partial charge is 0.327 e. The first kappa shape index (κ1) is 14.4. The zero-order valence-corrected chi connectivity index (χ0v) is 13.4. The summed E-state index contributed by atoms with van der Waals surface area (Å²) in [6, 6.07) is 5.90. The van der Waals surface area contributed by atoms with Crippen LogP contribution in [0.25, 0.3) is 28.3 Å². The van der Waals surface area contributed by atoms with Crippen LogP contribution >= 0.6 is 0 Å². The van der Waals surface area contributed by atoms with E-state index in [9.17, 15) is 4.79 Å². The molecular weight excluding hydrogens is 320 g/mol. The molecule has 0 aromatic carbocycles. The second kappa shape index (κ2) is 5.52. The Morgan fingerprint density at radius 2 is 2.04 bits per heavy atom. The summed E-state index contributed by atoms with van der Waals surface area (Å²) in [7, 11) is 0. The van der Waals surface area contributed by atoms with Crippen molar-refractivity contribution >= 4 is 16.8 Å². The van der Waals surface area contributed by atoms with E-state index in [-0.39, 0.29) is 11.7 Å². The van der Waals surface area contributed by atoms with Crippen LogP contribution in [-0.2, 0) is 4.74 Å². The number of nitrogens with one attached hydrogen (secondary N) is 1. The highest BCUT2D eigenvalue weighted by atomic mass is 16.5. The maximum Gasteiger partial charge on any atom is 0.327 e. The van der Waals surface area contributed by atoms with Crippen LogP contribution in [0.3, 0.4) is 0 Å². The fourth-order valence-corrected chi connectivity index (χ4v) is 3.42. The molecule has 0 atom stereocenters. The van der Waals surface area contributed by atoms with E-state index in [0.29, 0.717) is 30.2 Å². The van der Waals surface area contributed by atoms with Gasteiger partial charge in [-0.15, -0.1) is 0 Å². The maximum atomic E-state index is 12.4. The fourth-order valence-electron chi connectivity index (χ4n) is 3.42. The molecule has 5 heterocycles. The number of ether oxygens (including phenoxy) is 1. The highest BCUT2D eigenvalue weighted by Gasteiger charge is 2.22. The molecule has 1 N–H and O–H groups in total. The average molecular weight is 336 g/mol. The number of fused-ring (bicyclic) bond motifs is 2. The largest absolute Gasteiger partial charge is 0.381 e. The second-order valence-electron chi connectivity index (χ2n) is 6.15. The predicted molar refractivity (Wildman–Crippen MR) is 91.4 cm³/mol. The van der Waals surface area contributed by atoms with Gasteiger partial charge in [0.2, 0.25) is 0 Å². The number of imidazole rings is 2. The molecule has 0 unspecified atom stereocenters. The summed E-state index contributed by atoms with van der Waals surface area (Å²) in [6.07, 6.45) is 6.95. The van der Waals surface area contributed by atoms with Crippen LogP contribution in [0.2, 0.25) is 0 Å². The Bertz CT molecular complexity index is 1120. The van der Waals surface area contributed by atoms with Crippen molar-refractivity contribution in [1.82, 2.24) is 28.9 Å². The Morgan fingerprint density at radius 3 is 2.92 bits per heavy atom. The first-order valence-electron chi connectivity index (χ1n) is 8.29. The number of aromatic nitrogens is 6. The van der Waals surface area contributed by atoms with Crippen molar-refractivity contribution in [2.75, 3.05) is 13.2 Å². The number of hydrogen-bond donors (Lipinski definition) is 1. The van der Waals surface area contributed by atoms with E-state index in [1.165, 1.54) is 0 Å². The molecule has 4 aromatic rings. The number of pyridine rings is 1. The molecule has 0 spiro atoms. The van der Waals surface area contributed by atoms with Gasteiger partial charge in [0, 0.05) is 25.5 Å². The molecule has 25 heavy (non-hydrogen) atoms. The van der Waals surface area contributed by atoms with Gasteiger partial charge in [0.25, 0.3) is 0 Å². The van der Waals surface area contributed by atoms with Crippen molar-refractivity contribution in [1.29, 1.82) is 0 Å². The molecule has 8 heteroatoms. The zero-order valence-electron chi connectivity index (χ0n) is 13.4. The molecule has 126 valence electrons. The van der Waals surface area contributed by atoms with Crippen molar-refractivity contribution < 1.29 is 4.74 Å². The molecule has 0 saturated carbocycles. The van der Waals surface area contributed by atoms with Gasteiger partial charge < -0.3 is 9.72 Å². The molecule has 4 aromatic heterocycles. The third kappa shape index (κ3) is 2.25. The van der Waals surface area contributed by atoms with Gasteiger partial charge in [-0.25, -0.2) is 19.7 Å². The van der Waals surface area contributed by atoms with Crippen LogP contribution < -0.4 is 5.69 Å². The maximum absolute atomic E-state index is 12.4. The molecule has 1 fully saturated rings. The van der Waals surface area contributed by atoms with E-state index in [2.05, 4.69) is 19.9 Å². The molecule has 1 saturated heterocycles. The lowest BCUT2D eigenvalue weighted by molar-refractivity contribution is 0.0697. The van der Waals surface area contributed by atoms with Crippen molar-refractivity contribution in [2.45, 2.75) is 18.9 Å². The number of hydrogen-bond acceptors (Lipinski definition) is 5. The molecule has 1 aliphatic rings. The third-order valence-electron chi connectivity index (χ3n) is 4.66. The van der Waals surface area contributed by atoms with E-state index in [0.717, 1.165) is 24.2 Å². The first-order chi connectivity index (χ1) is 12.3. The second-order valence-corrected chi connectivity index (χ2v) is 6.15. The average Bonchev–Trinajstić information content (AvgIpc) is 3.22. The van der Waals surface area contributed by atoms with Crippen LogP contribution in [0.15, 0.2) is 41.6 Å². The third-order valence-corrected chi connectivity index (χ3v) is 4.66. The quantitative estimate of drug-likeness (QED) is 0.603. The highest BCUT2D eigenvalue weighted by Crippen LogP contribution is 2.24. The lowest BCUT2D eigenvalue weighted by atomic mass is 10.1. The van der Waals surface area contributed by atoms with Gasteiger partial charge in [-0.2, -0.15) is 0 Å². The van der Waals surface area contributed by atoms with Crippen LogP contribution in [0.5, 0.6) is 0 Å². The standard InChI is InChI=1S/C17H16N6O2/c24-17-20-12-9-19-15(13-10-18-14-3-1-2-6-22(13)14)21-16(12)23(17)11-4-7-25-8-5-11/h1-3,6,9-11H,4-5,7-8H2,(H,20,24). The van der Waals surface area contributed by atoms with E-state index >= 15 is 0 Å². The highest BCUT2D eigenvalue weighted by molar-refractivity contribution is 5.72. The Hall–Kier alpha value is -3.00. The van der Waals surface area contributed by atoms with Crippen LogP contribution in [0.1, 0.15) is 18.9 Å². The molecular formula is C17H16N6O2. The summed E-state index contributed by atoms with van der Waals surface area (Å²) in [6.45, 7) is 1.32. The van der Waals surface area contributed by atoms with Gasteiger partial charge in [-0.1, -0.05) is 6.07 Å². The minimum atomic E-state index is -0.147. The molecule has 0 radical (unpaired) electrons. The normalized spacial score (nSPS) is 16.0. The van der Waals surface area contributed by atoms with Gasteiger partial charge in [-0.05, 0) is 25.0 Å². The van der Waals surface area contributed by atoms with E-state index < -0.39 is 0 Å². The Kier molecular flexibility index (Phi) is 3.17. The fraction of sp³-hybridized carbons (Fsp3) is 0.294. The zero-order chi connectivity index (χ0) is 16.8. The summed E-state index contributed by atoms with van der Waals surface area (Å²) in [5, 5.41) is 0. The number of nitrogens with zero attached hydrogens (tertiary/aromatic N) is 5. The lowest BCUT2D eigenvalue weighted by Crippen LogP contribution is -2.27. The number of rotatable bonds is 2. The van der Waals surface area contributed by atoms with Gasteiger partial charge in [0.1, 0.15) is 16.9 Å². The van der Waals surface area contributed by atoms with Crippen molar-refractivity contribution in [2.24, 2.45) is 0 Å². The van der Waals surface area contributed by atoms with Gasteiger partial charge in [-0.3, -0.25) is 8.97 Å². The molecule has 1 aliphatic heterocycles. The summed E-state index contributed by atoms with van der Waals surface area (Å²) in [4.78, 5) is 28.8. The van der Waals surface area contributed by atoms with E-state index in [1.807, 2.05) is 28.8 Å². The minimum absolute atomic E-state index is 0.0972. The van der Waals surface area contributed by atoms with Crippen LogP contribution in [-0.4, -0.2) is 42.1 Å². The van der Waals surface area contributed by atoms with E-state index in [1.54, 1.807) is 17.0 Å². The van der Waals surface area contributed by atoms with Crippen LogP contribution in [0.4, 0.5) is 0 Å². The SMILES string of the molecule is O=c1[nH]c2cnc(-c3cnc4ccccn34)nc2n1C1CCOCC1. The minimum Gasteiger partial charge on any atom is -0.381 e. The summed E-state index contributed by atoms with van der Waals surface area (Å²) >= 11 is 0. The topological polar surface area (TPSA) is 90.1 Å². The summed E-state index contributed by atoms with van der Waals surface area (Å²) in [5.41, 5.74) is 2.76. The Morgan fingerprint density at radius 1 is 1.16 bits per heavy atom. The molecule has 0 aliphatic carbocycles. The van der Waals surface area contributed by atoms with Gasteiger partial charge in [0.05, 0.1) is 12.4 Å². The monoisotopic (exact) mass is 336 g/mol. The van der Waals surface area contributed by atoms with Crippen molar-refractivity contribution in [3.05, 3.63) is 47.3 Å². The first-order valence-corrected chi connectivity index (χ1v) is 8.29. The molecule has 5 rings (SSSR count). The Balaban J connectivity index is 1.69. The summed E-state index contributed by atoms with van der Waals surface area (Å²) in [5.74, 6) is 0.547. The molecule has 0 amide bonds. The van der Waals surface area contributed by atoms with Gasteiger partial charge in [0.15, 0.2) is 11.5 Å². The Labute approximate surface area is 142 Å². The van der Waals surface area contributed by atoms with Crippen molar-refractivity contribution in [3.63, 3.8) is 0 Å². The van der Waals surface area contributed by atoms with E-state index in [4.69, 9.17) is 4.74 Å². The number of aromatic amines is 1. The lowest BCUT2D eigenvalue weighted by Gasteiger charge is -2.22. The molecule has 0 bridgehead atoms. The number of H-pyrrole nitrogens is 1. The van der Waals surface area contributed by atoms with Crippen molar-refractivity contribution in [3.8, 4) is 11.5 Å². The van der Waals surface area contributed by atoms with Crippen LogP contribution in [0, 0.1) is 0 Å².